The molecule has 44 heavy (non-hydrogen) atoms. The van der Waals surface area contributed by atoms with Crippen molar-refractivity contribution in [2.75, 3.05) is 13.2 Å². The molecule has 224 valence electrons. The van der Waals surface area contributed by atoms with Gasteiger partial charge < -0.3 is 14.0 Å². The van der Waals surface area contributed by atoms with Crippen molar-refractivity contribution in [1.82, 2.24) is 9.13 Å². The molecule has 1 aliphatic rings. The van der Waals surface area contributed by atoms with Gasteiger partial charge in [-0.05, 0) is 75.2 Å². The van der Waals surface area contributed by atoms with Gasteiger partial charge in [0, 0.05) is 28.7 Å². The Hall–Kier alpha value is -4.76. The van der Waals surface area contributed by atoms with E-state index >= 15 is 0 Å². The quantitative estimate of drug-likeness (QED) is 0.213. The molecule has 6 rings (SSSR count). The summed E-state index contributed by atoms with van der Waals surface area (Å²) in [5.74, 6) is -0.0695. The van der Waals surface area contributed by atoms with Gasteiger partial charge in [0.2, 0.25) is 0 Å². The molecule has 3 aromatic carbocycles. The number of rotatable bonds is 8. The Morgan fingerprint density at radius 1 is 1.00 bits per heavy atom. The number of thiazole rings is 1. The van der Waals surface area contributed by atoms with Gasteiger partial charge in [0.15, 0.2) is 4.80 Å². The number of benzene rings is 3. The summed E-state index contributed by atoms with van der Waals surface area (Å²) in [7, 11) is 0. The largest absolute Gasteiger partial charge is 0.494 e. The molecule has 0 radical (unpaired) electrons. The SMILES string of the molecule is CCOC(=O)C1=C(C)N=c2s/c(=C\c3c(C)n(Cc4ccc(F)cc4)c4ccccc34)c(=O)n2[C@H]1c1ccc(OCC)cc1. The van der Waals surface area contributed by atoms with Gasteiger partial charge in [-0.2, -0.15) is 0 Å². The Kier molecular flexibility index (Phi) is 8.05. The van der Waals surface area contributed by atoms with E-state index in [9.17, 15) is 14.0 Å². The maximum atomic E-state index is 14.2. The molecule has 3 heterocycles. The molecular weight excluding hydrogens is 577 g/mol. The van der Waals surface area contributed by atoms with Crippen molar-refractivity contribution in [3.8, 4) is 5.75 Å². The zero-order chi connectivity index (χ0) is 31.0. The zero-order valence-electron chi connectivity index (χ0n) is 25.0. The van der Waals surface area contributed by atoms with E-state index in [2.05, 4.69) is 4.57 Å². The van der Waals surface area contributed by atoms with Crippen LogP contribution in [0.25, 0.3) is 17.0 Å². The maximum absolute atomic E-state index is 14.2. The maximum Gasteiger partial charge on any atom is 0.338 e. The molecule has 0 saturated heterocycles. The van der Waals surface area contributed by atoms with Crippen molar-refractivity contribution in [2.45, 2.75) is 40.3 Å². The van der Waals surface area contributed by atoms with E-state index in [1.54, 1.807) is 30.5 Å². The van der Waals surface area contributed by atoms with Crippen molar-refractivity contribution in [2.24, 2.45) is 4.99 Å². The summed E-state index contributed by atoms with van der Waals surface area (Å²) in [6.07, 6.45) is 1.92. The Bertz CT molecular complexity index is 2090. The number of halogens is 1. The molecule has 0 unspecified atom stereocenters. The van der Waals surface area contributed by atoms with Gasteiger partial charge in [0.05, 0.1) is 35.1 Å². The number of aromatic nitrogens is 2. The summed E-state index contributed by atoms with van der Waals surface area (Å²) in [4.78, 5) is 32.7. The monoisotopic (exact) mass is 609 g/mol. The van der Waals surface area contributed by atoms with Crippen molar-refractivity contribution in [1.29, 1.82) is 0 Å². The van der Waals surface area contributed by atoms with Crippen molar-refractivity contribution >= 4 is 34.3 Å². The molecule has 9 heteroatoms. The predicted molar refractivity (Wildman–Crippen MR) is 170 cm³/mol. The van der Waals surface area contributed by atoms with Crippen molar-refractivity contribution in [3.05, 3.63) is 132 Å². The standard InChI is InChI=1S/C35H32FN3O4S/c1-5-42-26-17-13-24(14-18-26)32-31(34(41)43-6-2)21(3)37-35-39(32)33(40)30(44-35)19-28-22(4)38(29-10-8-7-9-27(28)29)20-23-11-15-25(36)16-12-23/h7-19,32H,5-6,20H2,1-4H3/b30-19-/t32-/m0/s1. The third-order valence-electron chi connectivity index (χ3n) is 7.83. The molecule has 1 aliphatic heterocycles. The number of carbonyl (C=O) groups is 1. The van der Waals surface area contributed by atoms with Crippen LogP contribution in [0.15, 0.2) is 93.9 Å². The third kappa shape index (κ3) is 5.28. The molecule has 0 N–H and O–H groups in total. The first-order valence-electron chi connectivity index (χ1n) is 14.5. The van der Waals surface area contributed by atoms with E-state index in [0.717, 1.165) is 33.3 Å². The number of allylic oxidation sites excluding steroid dienone is 1. The van der Waals surface area contributed by atoms with Crippen LogP contribution in [0, 0.1) is 12.7 Å². The molecule has 0 fully saturated rings. The molecule has 0 spiro atoms. The third-order valence-corrected chi connectivity index (χ3v) is 8.82. The average molecular weight is 610 g/mol. The van der Waals surface area contributed by atoms with Crippen LogP contribution < -0.4 is 19.6 Å². The Morgan fingerprint density at radius 3 is 2.43 bits per heavy atom. The van der Waals surface area contributed by atoms with Gasteiger partial charge in [-0.15, -0.1) is 0 Å². The van der Waals surface area contributed by atoms with Crippen LogP contribution in [0.3, 0.4) is 0 Å². The minimum Gasteiger partial charge on any atom is -0.494 e. The highest BCUT2D eigenvalue weighted by molar-refractivity contribution is 7.07. The molecule has 2 aromatic heterocycles. The number of hydrogen-bond donors (Lipinski definition) is 0. The van der Waals surface area contributed by atoms with E-state index in [-0.39, 0.29) is 18.0 Å². The highest BCUT2D eigenvalue weighted by Crippen LogP contribution is 2.32. The van der Waals surface area contributed by atoms with E-state index in [4.69, 9.17) is 14.5 Å². The Labute approximate surface area is 257 Å². The van der Waals surface area contributed by atoms with Gasteiger partial charge in [0.25, 0.3) is 5.56 Å². The summed E-state index contributed by atoms with van der Waals surface area (Å²) in [5, 5.41) is 1.00. The van der Waals surface area contributed by atoms with Gasteiger partial charge in [0.1, 0.15) is 11.6 Å². The summed E-state index contributed by atoms with van der Waals surface area (Å²) in [6, 6.07) is 21.3. The van der Waals surface area contributed by atoms with Crippen LogP contribution in [-0.4, -0.2) is 28.3 Å². The first kappa shape index (κ1) is 29.3. The lowest BCUT2D eigenvalue weighted by Crippen LogP contribution is -2.39. The Morgan fingerprint density at radius 2 is 1.73 bits per heavy atom. The second kappa shape index (κ2) is 12.1. The molecule has 0 amide bonds. The highest BCUT2D eigenvalue weighted by Gasteiger charge is 2.33. The number of hydrogen-bond acceptors (Lipinski definition) is 6. The number of esters is 1. The van der Waals surface area contributed by atoms with Crippen LogP contribution in [-0.2, 0) is 16.1 Å². The summed E-state index contributed by atoms with van der Waals surface area (Å²) < 4.78 is 28.9. The fourth-order valence-corrected chi connectivity index (χ4v) is 6.80. The predicted octanol–water partition coefficient (Wildman–Crippen LogP) is 5.65. The first-order valence-corrected chi connectivity index (χ1v) is 15.4. The van der Waals surface area contributed by atoms with Crippen LogP contribution in [0.4, 0.5) is 4.39 Å². The van der Waals surface area contributed by atoms with E-state index in [0.29, 0.717) is 39.5 Å². The average Bonchev–Trinajstić information content (AvgIpc) is 3.46. The topological polar surface area (TPSA) is 74.8 Å². The lowest BCUT2D eigenvalue weighted by molar-refractivity contribution is -0.139. The lowest BCUT2D eigenvalue weighted by Gasteiger charge is -2.24. The molecule has 0 saturated carbocycles. The summed E-state index contributed by atoms with van der Waals surface area (Å²) in [6.45, 7) is 8.76. The summed E-state index contributed by atoms with van der Waals surface area (Å²) >= 11 is 1.30. The van der Waals surface area contributed by atoms with Crippen LogP contribution >= 0.6 is 11.3 Å². The molecule has 0 aliphatic carbocycles. The van der Waals surface area contributed by atoms with Crippen LogP contribution in [0.5, 0.6) is 5.75 Å². The summed E-state index contributed by atoms with van der Waals surface area (Å²) in [5.41, 5.74) is 5.26. The minimum atomic E-state index is -0.705. The van der Waals surface area contributed by atoms with Crippen molar-refractivity contribution in [3.63, 3.8) is 0 Å². The van der Waals surface area contributed by atoms with Gasteiger partial charge in [-0.1, -0.05) is 53.8 Å². The van der Waals surface area contributed by atoms with Gasteiger partial charge in [-0.25, -0.2) is 14.2 Å². The zero-order valence-corrected chi connectivity index (χ0v) is 25.8. The van der Waals surface area contributed by atoms with Gasteiger partial charge >= 0.3 is 5.97 Å². The molecule has 7 nitrogen and oxygen atoms in total. The first-order chi connectivity index (χ1) is 21.3. The minimum absolute atomic E-state index is 0.206. The number of fused-ring (bicyclic) bond motifs is 2. The normalized spacial score (nSPS) is 14.9. The van der Waals surface area contributed by atoms with E-state index in [1.165, 1.54) is 23.5 Å². The van der Waals surface area contributed by atoms with E-state index in [1.807, 2.05) is 68.5 Å². The number of ether oxygens (including phenoxy) is 2. The van der Waals surface area contributed by atoms with Crippen LogP contribution in [0.2, 0.25) is 0 Å². The second-order valence-corrected chi connectivity index (χ2v) is 11.5. The second-order valence-electron chi connectivity index (χ2n) is 10.5. The Balaban J connectivity index is 1.52. The van der Waals surface area contributed by atoms with Gasteiger partial charge in [-0.3, -0.25) is 9.36 Å². The molecule has 0 bridgehead atoms. The highest BCUT2D eigenvalue weighted by atomic mass is 32.1. The molecular formula is C35H32FN3O4S. The number of carbonyl (C=O) groups excluding carboxylic acids is 1. The molecule has 5 aromatic rings. The van der Waals surface area contributed by atoms with Crippen LogP contribution in [0.1, 0.15) is 49.2 Å². The fraction of sp³-hybridized carbons (Fsp3) is 0.229. The lowest BCUT2D eigenvalue weighted by atomic mass is 9.96. The molecule has 1 atom stereocenters. The van der Waals surface area contributed by atoms with Crippen molar-refractivity contribution < 1.29 is 18.7 Å². The smallest absolute Gasteiger partial charge is 0.338 e. The number of para-hydroxylation sites is 1. The number of nitrogens with zero attached hydrogens (tertiary/aromatic N) is 3. The fourth-order valence-electron chi connectivity index (χ4n) is 5.77. The van der Waals surface area contributed by atoms with E-state index < -0.39 is 12.0 Å².